The van der Waals surface area contributed by atoms with Crippen LogP contribution < -0.4 is 14.8 Å². The van der Waals surface area contributed by atoms with Crippen molar-refractivity contribution in [1.29, 1.82) is 0 Å². The van der Waals surface area contributed by atoms with E-state index >= 15 is 0 Å². The van der Waals surface area contributed by atoms with Crippen LogP contribution in [0.5, 0.6) is 11.5 Å². The van der Waals surface area contributed by atoms with Gasteiger partial charge in [-0.3, -0.25) is 4.79 Å². The number of ether oxygens (including phenoxy) is 3. The van der Waals surface area contributed by atoms with E-state index in [-0.39, 0.29) is 11.8 Å². The van der Waals surface area contributed by atoms with E-state index in [9.17, 15) is 4.79 Å². The van der Waals surface area contributed by atoms with Crippen molar-refractivity contribution in [2.75, 3.05) is 31.7 Å². The largest absolute Gasteiger partial charge is 0.486 e. The van der Waals surface area contributed by atoms with Crippen LogP contribution in [0.25, 0.3) is 11.3 Å². The van der Waals surface area contributed by atoms with Gasteiger partial charge in [0.2, 0.25) is 5.91 Å². The van der Waals surface area contributed by atoms with Crippen LogP contribution in [0.3, 0.4) is 0 Å². The zero-order chi connectivity index (χ0) is 17.2. The molecule has 2 aliphatic rings. The lowest BCUT2D eigenvalue weighted by atomic mass is 10.00. The van der Waals surface area contributed by atoms with Gasteiger partial charge in [-0.2, -0.15) is 0 Å². The summed E-state index contributed by atoms with van der Waals surface area (Å²) in [5, 5.41) is 5.88. The van der Waals surface area contributed by atoms with Crippen LogP contribution in [-0.2, 0) is 9.53 Å². The molecule has 4 rings (SSSR count). The molecule has 2 aliphatic heterocycles. The third-order valence-electron chi connectivity index (χ3n) is 4.23. The highest BCUT2D eigenvalue weighted by Crippen LogP contribution is 2.40. The second-order valence-corrected chi connectivity index (χ2v) is 7.15. The Bertz CT molecular complexity index is 789. The fraction of sp³-hybridized carbons (Fsp3) is 0.412. The first-order chi connectivity index (χ1) is 12.2. The van der Waals surface area contributed by atoms with Gasteiger partial charge in [0.1, 0.15) is 13.2 Å². The number of hydrogen-bond donors (Lipinski definition) is 1. The molecule has 2 aromatic rings. The number of carbonyl (C=O) groups excluding carboxylic acids is 1. The standard InChI is InChI=1S/C17H17ClN2O4S/c18-12-8-15-14(23-5-6-24-15)7-11(12)13-9-25-17(19-13)20-16(21)10-1-3-22-4-2-10/h7-10H,1-6H2,(H,19,20,21). The van der Waals surface area contributed by atoms with Gasteiger partial charge in [-0.1, -0.05) is 11.6 Å². The van der Waals surface area contributed by atoms with E-state index in [0.717, 1.165) is 18.4 Å². The number of nitrogens with one attached hydrogen (secondary N) is 1. The van der Waals surface area contributed by atoms with E-state index in [2.05, 4.69) is 10.3 Å². The smallest absolute Gasteiger partial charge is 0.229 e. The molecule has 1 N–H and O–H groups in total. The Morgan fingerprint density at radius 2 is 1.88 bits per heavy atom. The molecule has 0 spiro atoms. The van der Waals surface area contributed by atoms with Crippen molar-refractivity contribution in [2.45, 2.75) is 12.8 Å². The van der Waals surface area contributed by atoms with Gasteiger partial charge in [0.15, 0.2) is 16.6 Å². The van der Waals surface area contributed by atoms with Crippen molar-refractivity contribution >= 4 is 34.0 Å². The summed E-state index contributed by atoms with van der Waals surface area (Å²) in [6.07, 6.45) is 1.50. The lowest BCUT2D eigenvalue weighted by Gasteiger charge is -2.20. The van der Waals surface area contributed by atoms with Crippen molar-refractivity contribution in [3.63, 3.8) is 0 Å². The Balaban J connectivity index is 1.52. The predicted molar refractivity (Wildman–Crippen MR) is 95.7 cm³/mol. The van der Waals surface area contributed by atoms with Gasteiger partial charge in [-0.05, 0) is 18.9 Å². The molecular weight excluding hydrogens is 364 g/mol. The van der Waals surface area contributed by atoms with Crippen molar-refractivity contribution in [3.8, 4) is 22.8 Å². The van der Waals surface area contributed by atoms with Gasteiger partial charge in [0, 0.05) is 36.1 Å². The number of benzene rings is 1. The molecule has 1 aromatic carbocycles. The molecule has 0 bridgehead atoms. The molecule has 6 nitrogen and oxygen atoms in total. The minimum Gasteiger partial charge on any atom is -0.486 e. The number of halogens is 1. The molecule has 1 aromatic heterocycles. The third kappa shape index (κ3) is 3.58. The van der Waals surface area contributed by atoms with Crippen LogP contribution in [0, 0.1) is 5.92 Å². The summed E-state index contributed by atoms with van der Waals surface area (Å²) < 4.78 is 16.4. The van der Waals surface area contributed by atoms with E-state index in [1.165, 1.54) is 11.3 Å². The Labute approximate surface area is 154 Å². The van der Waals surface area contributed by atoms with Crippen LogP contribution in [0.4, 0.5) is 5.13 Å². The number of hydrogen-bond acceptors (Lipinski definition) is 6. The summed E-state index contributed by atoms with van der Waals surface area (Å²) in [6, 6.07) is 3.57. The van der Waals surface area contributed by atoms with Crippen molar-refractivity contribution in [3.05, 3.63) is 22.5 Å². The van der Waals surface area contributed by atoms with Crippen molar-refractivity contribution in [2.24, 2.45) is 5.92 Å². The van der Waals surface area contributed by atoms with E-state index < -0.39 is 0 Å². The number of fused-ring (bicyclic) bond motifs is 1. The monoisotopic (exact) mass is 380 g/mol. The SMILES string of the molecule is O=C(Nc1nc(-c2cc3c(cc2Cl)OCCO3)cs1)C1CCOCC1. The molecule has 132 valence electrons. The Hall–Kier alpha value is -1.83. The van der Waals surface area contributed by atoms with Gasteiger partial charge < -0.3 is 19.5 Å². The highest BCUT2D eigenvalue weighted by atomic mass is 35.5. The summed E-state index contributed by atoms with van der Waals surface area (Å²) in [5.74, 6) is 1.28. The van der Waals surface area contributed by atoms with Crippen LogP contribution in [-0.4, -0.2) is 37.3 Å². The highest BCUT2D eigenvalue weighted by Gasteiger charge is 2.23. The van der Waals surface area contributed by atoms with Crippen LogP contribution in [0.15, 0.2) is 17.5 Å². The molecule has 1 amide bonds. The van der Waals surface area contributed by atoms with Gasteiger partial charge in [0.25, 0.3) is 0 Å². The number of thiazole rings is 1. The molecule has 0 aliphatic carbocycles. The van der Waals surface area contributed by atoms with Crippen LogP contribution in [0.2, 0.25) is 5.02 Å². The average Bonchev–Trinajstić information content (AvgIpc) is 3.10. The maximum atomic E-state index is 12.3. The number of carbonyl (C=O) groups is 1. The molecule has 25 heavy (non-hydrogen) atoms. The summed E-state index contributed by atoms with van der Waals surface area (Å²) in [5.41, 5.74) is 1.46. The number of aromatic nitrogens is 1. The average molecular weight is 381 g/mol. The predicted octanol–water partition coefficient (Wildman–Crippen LogP) is 3.60. The van der Waals surface area contributed by atoms with E-state index in [4.69, 9.17) is 25.8 Å². The maximum Gasteiger partial charge on any atom is 0.229 e. The summed E-state index contributed by atoms with van der Waals surface area (Å²) in [6.45, 7) is 2.29. The summed E-state index contributed by atoms with van der Waals surface area (Å²) >= 11 is 7.74. The zero-order valence-corrected chi connectivity index (χ0v) is 15.0. The number of nitrogens with zero attached hydrogens (tertiary/aromatic N) is 1. The molecule has 0 atom stereocenters. The molecule has 0 unspecified atom stereocenters. The zero-order valence-electron chi connectivity index (χ0n) is 13.4. The fourth-order valence-corrected chi connectivity index (χ4v) is 3.85. The van der Waals surface area contributed by atoms with Gasteiger partial charge in [0.05, 0.1) is 10.7 Å². The number of amides is 1. The first-order valence-electron chi connectivity index (χ1n) is 8.14. The van der Waals surface area contributed by atoms with E-state index in [1.807, 2.05) is 11.4 Å². The quantitative estimate of drug-likeness (QED) is 0.881. The van der Waals surface area contributed by atoms with Gasteiger partial charge in [-0.15, -0.1) is 11.3 Å². The van der Waals surface area contributed by atoms with Gasteiger partial charge in [-0.25, -0.2) is 4.98 Å². The Kier molecular flexibility index (Phi) is 4.78. The minimum atomic E-state index is -0.0148. The second-order valence-electron chi connectivity index (χ2n) is 5.89. The Morgan fingerprint density at radius 1 is 1.16 bits per heavy atom. The number of rotatable bonds is 3. The molecule has 3 heterocycles. The van der Waals surface area contributed by atoms with Crippen molar-refractivity contribution in [1.82, 2.24) is 4.98 Å². The summed E-state index contributed by atoms with van der Waals surface area (Å²) in [4.78, 5) is 16.8. The highest BCUT2D eigenvalue weighted by molar-refractivity contribution is 7.14. The molecular formula is C17H17ClN2O4S. The molecule has 1 fully saturated rings. The fourth-order valence-electron chi connectivity index (χ4n) is 2.88. The third-order valence-corrected chi connectivity index (χ3v) is 5.30. The van der Waals surface area contributed by atoms with Crippen molar-refractivity contribution < 1.29 is 19.0 Å². The first-order valence-corrected chi connectivity index (χ1v) is 9.40. The minimum absolute atomic E-state index is 0.00234. The van der Waals surface area contributed by atoms with Gasteiger partial charge >= 0.3 is 0 Å². The maximum absolute atomic E-state index is 12.3. The normalized spacial score (nSPS) is 17.3. The lowest BCUT2D eigenvalue weighted by molar-refractivity contribution is -0.122. The van der Waals surface area contributed by atoms with Crippen LogP contribution >= 0.6 is 22.9 Å². The number of anilines is 1. The molecule has 8 heteroatoms. The molecule has 1 saturated heterocycles. The van der Waals surface area contributed by atoms with E-state index in [0.29, 0.717) is 53.8 Å². The second kappa shape index (κ2) is 7.19. The van der Waals surface area contributed by atoms with Crippen LogP contribution in [0.1, 0.15) is 12.8 Å². The molecule has 0 radical (unpaired) electrons. The topological polar surface area (TPSA) is 69.7 Å². The van der Waals surface area contributed by atoms with E-state index in [1.54, 1.807) is 6.07 Å². The summed E-state index contributed by atoms with van der Waals surface area (Å²) in [7, 11) is 0. The lowest BCUT2D eigenvalue weighted by Crippen LogP contribution is -2.28. The first kappa shape index (κ1) is 16.6. The molecule has 0 saturated carbocycles. The Morgan fingerprint density at radius 3 is 2.64 bits per heavy atom.